The molecular formula is C10H12FN5. The van der Waals surface area contributed by atoms with Crippen molar-refractivity contribution in [3.8, 4) is 0 Å². The van der Waals surface area contributed by atoms with Crippen LogP contribution in [0, 0.1) is 5.95 Å². The van der Waals surface area contributed by atoms with Crippen LogP contribution in [0.15, 0.2) is 31.1 Å². The molecule has 16 heavy (non-hydrogen) atoms. The molecule has 0 saturated heterocycles. The second-order valence-corrected chi connectivity index (χ2v) is 3.53. The summed E-state index contributed by atoms with van der Waals surface area (Å²) < 4.78 is 14.7. The normalized spacial score (nSPS) is 12.4. The molecule has 0 aromatic carbocycles. The van der Waals surface area contributed by atoms with Gasteiger partial charge in [-0.1, -0.05) is 0 Å². The third kappa shape index (κ3) is 2.75. The molecule has 0 saturated carbocycles. The largest absolute Gasteiger partial charge is 0.366 e. The number of hydrogen-bond donors (Lipinski definition) is 1. The van der Waals surface area contributed by atoms with Crippen molar-refractivity contribution >= 4 is 5.82 Å². The van der Waals surface area contributed by atoms with E-state index in [9.17, 15) is 4.39 Å². The fraction of sp³-hybridized carbons (Fsp3) is 0.300. The average Bonchev–Trinajstić information content (AvgIpc) is 2.70. The summed E-state index contributed by atoms with van der Waals surface area (Å²) in [4.78, 5) is 11.3. The summed E-state index contributed by atoms with van der Waals surface area (Å²) in [5.74, 6) is -0.0487. The summed E-state index contributed by atoms with van der Waals surface area (Å²) in [5.41, 5.74) is 0. The SMILES string of the molecule is CC(Cn1ccnc1)Nc1cc(F)ncn1. The van der Waals surface area contributed by atoms with Crippen LogP contribution >= 0.6 is 0 Å². The van der Waals surface area contributed by atoms with Gasteiger partial charge in [0.1, 0.15) is 12.1 Å². The van der Waals surface area contributed by atoms with E-state index in [0.29, 0.717) is 5.82 Å². The van der Waals surface area contributed by atoms with Crippen LogP contribution in [0.1, 0.15) is 6.92 Å². The zero-order valence-corrected chi connectivity index (χ0v) is 8.84. The molecule has 1 atom stereocenters. The van der Waals surface area contributed by atoms with Gasteiger partial charge in [0.05, 0.1) is 6.33 Å². The molecule has 84 valence electrons. The molecule has 0 aliphatic heterocycles. The Morgan fingerprint density at radius 1 is 1.50 bits per heavy atom. The Labute approximate surface area is 92.4 Å². The zero-order valence-electron chi connectivity index (χ0n) is 8.84. The molecule has 1 N–H and O–H groups in total. The van der Waals surface area contributed by atoms with E-state index in [2.05, 4.69) is 20.3 Å². The van der Waals surface area contributed by atoms with E-state index >= 15 is 0 Å². The highest BCUT2D eigenvalue weighted by atomic mass is 19.1. The Morgan fingerprint density at radius 3 is 3.06 bits per heavy atom. The minimum Gasteiger partial charge on any atom is -0.366 e. The number of halogens is 1. The fourth-order valence-electron chi connectivity index (χ4n) is 1.42. The highest BCUT2D eigenvalue weighted by molar-refractivity contribution is 5.33. The van der Waals surface area contributed by atoms with Crippen LogP contribution in [0.4, 0.5) is 10.2 Å². The van der Waals surface area contributed by atoms with E-state index in [0.717, 1.165) is 6.54 Å². The van der Waals surface area contributed by atoms with Crippen molar-refractivity contribution in [2.45, 2.75) is 19.5 Å². The molecular weight excluding hydrogens is 209 g/mol. The molecule has 6 heteroatoms. The van der Waals surface area contributed by atoms with Gasteiger partial charge in [0.2, 0.25) is 5.95 Å². The van der Waals surface area contributed by atoms with E-state index in [4.69, 9.17) is 0 Å². The van der Waals surface area contributed by atoms with Crippen molar-refractivity contribution in [1.82, 2.24) is 19.5 Å². The maximum Gasteiger partial charge on any atom is 0.217 e. The molecule has 0 fully saturated rings. The van der Waals surface area contributed by atoms with Gasteiger partial charge in [-0.05, 0) is 6.92 Å². The number of nitrogens with one attached hydrogen (secondary N) is 1. The minimum absolute atomic E-state index is 0.128. The number of hydrogen-bond acceptors (Lipinski definition) is 4. The second kappa shape index (κ2) is 4.69. The van der Waals surface area contributed by atoms with Crippen molar-refractivity contribution in [1.29, 1.82) is 0 Å². The zero-order chi connectivity index (χ0) is 11.4. The summed E-state index contributed by atoms with van der Waals surface area (Å²) in [5, 5.41) is 3.08. The first-order valence-electron chi connectivity index (χ1n) is 4.94. The van der Waals surface area contributed by atoms with E-state index in [1.165, 1.54) is 12.4 Å². The molecule has 0 radical (unpaired) electrons. The van der Waals surface area contributed by atoms with Crippen molar-refractivity contribution in [2.75, 3.05) is 5.32 Å². The monoisotopic (exact) mass is 221 g/mol. The van der Waals surface area contributed by atoms with Crippen molar-refractivity contribution in [3.05, 3.63) is 37.1 Å². The molecule has 2 aromatic heterocycles. The van der Waals surface area contributed by atoms with Crippen LogP contribution in [-0.2, 0) is 6.54 Å². The van der Waals surface area contributed by atoms with Gasteiger partial charge in [0.15, 0.2) is 0 Å². The topological polar surface area (TPSA) is 55.6 Å². The number of nitrogens with zero attached hydrogens (tertiary/aromatic N) is 4. The molecule has 0 amide bonds. The lowest BCUT2D eigenvalue weighted by Gasteiger charge is -2.14. The number of anilines is 1. The highest BCUT2D eigenvalue weighted by Gasteiger charge is 2.04. The predicted molar refractivity (Wildman–Crippen MR) is 57.3 cm³/mol. The summed E-state index contributed by atoms with van der Waals surface area (Å²) in [6, 6.07) is 1.40. The van der Waals surface area contributed by atoms with Crippen LogP contribution in [0.25, 0.3) is 0 Å². The fourth-order valence-corrected chi connectivity index (χ4v) is 1.42. The summed E-state index contributed by atoms with van der Waals surface area (Å²) in [6.07, 6.45) is 6.52. The van der Waals surface area contributed by atoms with Crippen LogP contribution in [-0.4, -0.2) is 25.6 Å². The molecule has 5 nitrogen and oxygen atoms in total. The Kier molecular flexibility index (Phi) is 3.09. The standard InChI is InChI=1S/C10H12FN5/c1-8(5-16-3-2-12-7-16)15-10-4-9(11)13-6-14-10/h2-4,6-8H,5H2,1H3,(H,13,14,15). The van der Waals surface area contributed by atoms with Gasteiger partial charge in [-0.3, -0.25) is 0 Å². The maximum absolute atomic E-state index is 12.8. The maximum atomic E-state index is 12.8. The smallest absolute Gasteiger partial charge is 0.217 e. The van der Waals surface area contributed by atoms with Gasteiger partial charge in [-0.15, -0.1) is 0 Å². The van der Waals surface area contributed by atoms with E-state index in [1.807, 2.05) is 17.7 Å². The molecule has 0 spiro atoms. The summed E-state index contributed by atoms with van der Waals surface area (Å²) in [7, 11) is 0. The Balaban J connectivity index is 1.94. The van der Waals surface area contributed by atoms with Gasteiger partial charge in [0, 0.05) is 31.0 Å². The van der Waals surface area contributed by atoms with Crippen LogP contribution in [0.5, 0.6) is 0 Å². The van der Waals surface area contributed by atoms with Gasteiger partial charge < -0.3 is 9.88 Å². The molecule has 1 unspecified atom stereocenters. The lowest BCUT2D eigenvalue weighted by molar-refractivity contribution is 0.577. The molecule has 0 bridgehead atoms. The third-order valence-corrected chi connectivity index (χ3v) is 2.07. The third-order valence-electron chi connectivity index (χ3n) is 2.07. The first kappa shape index (κ1) is 10.5. The number of imidazole rings is 1. The van der Waals surface area contributed by atoms with Gasteiger partial charge >= 0.3 is 0 Å². The van der Waals surface area contributed by atoms with Crippen molar-refractivity contribution < 1.29 is 4.39 Å². The van der Waals surface area contributed by atoms with Gasteiger partial charge in [-0.25, -0.2) is 15.0 Å². The van der Waals surface area contributed by atoms with E-state index in [-0.39, 0.29) is 6.04 Å². The second-order valence-electron chi connectivity index (χ2n) is 3.53. The van der Waals surface area contributed by atoms with Crippen molar-refractivity contribution in [3.63, 3.8) is 0 Å². The first-order chi connectivity index (χ1) is 7.74. The Hall–Kier alpha value is -1.98. The van der Waals surface area contributed by atoms with Gasteiger partial charge in [-0.2, -0.15) is 4.39 Å². The molecule has 0 aliphatic carbocycles. The first-order valence-corrected chi connectivity index (χ1v) is 4.94. The predicted octanol–water partition coefficient (Wildman–Crippen LogP) is 1.31. The van der Waals surface area contributed by atoms with Crippen LogP contribution in [0.3, 0.4) is 0 Å². The average molecular weight is 221 g/mol. The molecule has 2 rings (SSSR count). The summed E-state index contributed by atoms with van der Waals surface area (Å²) in [6.45, 7) is 2.73. The Bertz CT molecular complexity index is 442. The number of aromatic nitrogens is 4. The lowest BCUT2D eigenvalue weighted by atomic mass is 10.3. The molecule has 0 aliphatic rings. The van der Waals surface area contributed by atoms with E-state index in [1.54, 1.807) is 12.5 Å². The van der Waals surface area contributed by atoms with Crippen LogP contribution < -0.4 is 5.32 Å². The quantitative estimate of drug-likeness (QED) is 0.791. The van der Waals surface area contributed by atoms with Crippen molar-refractivity contribution in [2.24, 2.45) is 0 Å². The minimum atomic E-state index is -0.535. The summed E-state index contributed by atoms with van der Waals surface area (Å²) >= 11 is 0. The lowest BCUT2D eigenvalue weighted by Crippen LogP contribution is -2.22. The molecule has 2 aromatic rings. The number of rotatable bonds is 4. The van der Waals surface area contributed by atoms with E-state index < -0.39 is 5.95 Å². The highest BCUT2D eigenvalue weighted by Crippen LogP contribution is 2.05. The van der Waals surface area contributed by atoms with Crippen LogP contribution in [0.2, 0.25) is 0 Å². The molecule has 2 heterocycles. The van der Waals surface area contributed by atoms with Gasteiger partial charge in [0.25, 0.3) is 0 Å². The Morgan fingerprint density at radius 2 is 2.38 bits per heavy atom.